The highest BCUT2D eigenvalue weighted by molar-refractivity contribution is 5.60. The first kappa shape index (κ1) is 12.1. The lowest BCUT2D eigenvalue weighted by Gasteiger charge is -2.12. The summed E-state index contributed by atoms with van der Waals surface area (Å²) in [6, 6.07) is 11.7. The van der Waals surface area contributed by atoms with E-state index < -0.39 is 0 Å². The lowest BCUT2D eigenvalue weighted by atomic mass is 10.1. The highest BCUT2D eigenvalue weighted by atomic mass is 15.2. The molecule has 0 aliphatic heterocycles. The topological polar surface area (TPSA) is 52.8 Å². The van der Waals surface area contributed by atoms with E-state index in [0.29, 0.717) is 12.5 Å². The first-order chi connectivity index (χ1) is 8.85. The van der Waals surface area contributed by atoms with Crippen LogP contribution >= 0.6 is 0 Å². The molecular formula is C14H14N4. The molecule has 2 aromatic rings. The van der Waals surface area contributed by atoms with E-state index in [-0.39, 0.29) is 0 Å². The van der Waals surface area contributed by atoms with Crippen LogP contribution in [0.5, 0.6) is 0 Å². The van der Waals surface area contributed by atoms with E-state index >= 15 is 0 Å². The van der Waals surface area contributed by atoms with Crippen molar-refractivity contribution in [1.82, 2.24) is 9.97 Å². The van der Waals surface area contributed by atoms with E-state index in [0.717, 1.165) is 17.7 Å². The third kappa shape index (κ3) is 2.64. The summed E-state index contributed by atoms with van der Waals surface area (Å²) in [5, 5.41) is 9.07. The van der Waals surface area contributed by atoms with E-state index in [4.69, 9.17) is 5.26 Å². The number of nitrogens with zero attached hydrogens (tertiary/aromatic N) is 4. The number of nitriles is 1. The van der Waals surface area contributed by atoms with Gasteiger partial charge in [0.05, 0.1) is 5.69 Å². The third-order valence-corrected chi connectivity index (χ3v) is 2.52. The molecule has 0 aliphatic carbocycles. The SMILES string of the molecule is CCCN(C#N)c1nccc(-c2ccccc2)n1. The van der Waals surface area contributed by atoms with Crippen molar-refractivity contribution in [3.8, 4) is 17.5 Å². The lowest BCUT2D eigenvalue weighted by molar-refractivity contribution is 0.855. The van der Waals surface area contributed by atoms with Crippen molar-refractivity contribution in [1.29, 1.82) is 5.26 Å². The fourth-order valence-corrected chi connectivity index (χ4v) is 1.67. The molecule has 0 saturated heterocycles. The fraction of sp³-hybridized carbons (Fsp3) is 0.214. The van der Waals surface area contributed by atoms with E-state index in [1.54, 1.807) is 6.20 Å². The summed E-state index contributed by atoms with van der Waals surface area (Å²) in [5.41, 5.74) is 1.85. The minimum Gasteiger partial charge on any atom is -0.247 e. The molecule has 0 spiro atoms. The average molecular weight is 238 g/mol. The van der Waals surface area contributed by atoms with Gasteiger partial charge in [0.1, 0.15) is 0 Å². The molecular weight excluding hydrogens is 224 g/mol. The molecule has 0 N–H and O–H groups in total. The maximum absolute atomic E-state index is 9.07. The number of hydrogen-bond acceptors (Lipinski definition) is 4. The summed E-state index contributed by atoms with van der Waals surface area (Å²) < 4.78 is 0. The van der Waals surface area contributed by atoms with Crippen molar-refractivity contribution in [2.45, 2.75) is 13.3 Å². The van der Waals surface area contributed by atoms with Crippen LogP contribution in [0.25, 0.3) is 11.3 Å². The molecule has 0 fully saturated rings. The van der Waals surface area contributed by atoms with Gasteiger partial charge >= 0.3 is 0 Å². The normalized spacial score (nSPS) is 9.78. The Hall–Kier alpha value is -2.41. The molecule has 4 nitrogen and oxygen atoms in total. The zero-order chi connectivity index (χ0) is 12.8. The predicted octanol–water partition coefficient (Wildman–Crippen LogP) is 2.84. The quantitative estimate of drug-likeness (QED) is 0.607. The van der Waals surface area contributed by atoms with Crippen LogP contribution < -0.4 is 4.90 Å². The summed E-state index contributed by atoms with van der Waals surface area (Å²) in [6.45, 7) is 2.65. The average Bonchev–Trinajstić information content (AvgIpc) is 2.46. The van der Waals surface area contributed by atoms with Crippen LogP contribution in [-0.2, 0) is 0 Å². The largest absolute Gasteiger partial charge is 0.247 e. The smallest absolute Gasteiger partial charge is 0.239 e. The second kappa shape index (κ2) is 5.78. The van der Waals surface area contributed by atoms with Gasteiger partial charge in [0.15, 0.2) is 6.19 Å². The maximum Gasteiger partial charge on any atom is 0.239 e. The molecule has 0 saturated carbocycles. The minimum absolute atomic E-state index is 0.459. The Balaban J connectivity index is 2.34. The van der Waals surface area contributed by atoms with Crippen LogP contribution in [0.3, 0.4) is 0 Å². The van der Waals surface area contributed by atoms with Crippen molar-refractivity contribution in [3.63, 3.8) is 0 Å². The molecule has 0 bridgehead atoms. The van der Waals surface area contributed by atoms with Crippen LogP contribution in [-0.4, -0.2) is 16.5 Å². The monoisotopic (exact) mass is 238 g/mol. The molecule has 0 amide bonds. The summed E-state index contributed by atoms with van der Waals surface area (Å²) in [5.74, 6) is 0.459. The van der Waals surface area contributed by atoms with Gasteiger partial charge in [-0.25, -0.2) is 14.9 Å². The van der Waals surface area contributed by atoms with Crippen LogP contribution in [0, 0.1) is 11.5 Å². The summed E-state index contributed by atoms with van der Waals surface area (Å²) >= 11 is 0. The van der Waals surface area contributed by atoms with Gasteiger partial charge in [-0.05, 0) is 12.5 Å². The molecule has 18 heavy (non-hydrogen) atoms. The molecule has 0 aliphatic rings. The zero-order valence-corrected chi connectivity index (χ0v) is 10.2. The van der Waals surface area contributed by atoms with Gasteiger partial charge in [0, 0.05) is 18.3 Å². The number of anilines is 1. The Kier molecular flexibility index (Phi) is 3.87. The van der Waals surface area contributed by atoms with Crippen LogP contribution in [0.1, 0.15) is 13.3 Å². The van der Waals surface area contributed by atoms with Crippen LogP contribution in [0.2, 0.25) is 0 Å². The van der Waals surface area contributed by atoms with Gasteiger partial charge in [0.2, 0.25) is 5.95 Å². The summed E-state index contributed by atoms with van der Waals surface area (Å²) in [6.07, 6.45) is 4.67. The number of hydrogen-bond donors (Lipinski definition) is 0. The first-order valence-electron chi connectivity index (χ1n) is 5.91. The van der Waals surface area contributed by atoms with Crippen molar-refractivity contribution >= 4 is 5.95 Å². The van der Waals surface area contributed by atoms with Gasteiger partial charge in [0.25, 0.3) is 0 Å². The van der Waals surface area contributed by atoms with Crippen molar-refractivity contribution in [2.24, 2.45) is 0 Å². The van der Waals surface area contributed by atoms with E-state index in [1.807, 2.05) is 43.3 Å². The van der Waals surface area contributed by atoms with Crippen LogP contribution in [0.4, 0.5) is 5.95 Å². The highest BCUT2D eigenvalue weighted by Crippen LogP contribution is 2.18. The fourth-order valence-electron chi connectivity index (χ4n) is 1.67. The number of rotatable bonds is 4. The second-order valence-corrected chi connectivity index (χ2v) is 3.86. The standard InChI is InChI=1S/C14H14N4/c1-2-10-18(11-15)14-16-9-8-13(17-14)12-6-4-3-5-7-12/h3-9H,2,10H2,1H3. The number of aromatic nitrogens is 2. The van der Waals surface area contributed by atoms with Gasteiger partial charge in [-0.15, -0.1) is 0 Å². The Morgan fingerprint density at radius 2 is 2.00 bits per heavy atom. The van der Waals surface area contributed by atoms with Crippen molar-refractivity contribution < 1.29 is 0 Å². The summed E-state index contributed by atoms with van der Waals surface area (Å²) in [7, 11) is 0. The molecule has 0 radical (unpaired) electrons. The molecule has 2 rings (SSSR count). The third-order valence-electron chi connectivity index (χ3n) is 2.52. The second-order valence-electron chi connectivity index (χ2n) is 3.86. The molecule has 1 heterocycles. The lowest BCUT2D eigenvalue weighted by Crippen LogP contribution is -2.19. The van der Waals surface area contributed by atoms with Gasteiger partial charge < -0.3 is 0 Å². The van der Waals surface area contributed by atoms with Crippen LogP contribution in [0.15, 0.2) is 42.6 Å². The van der Waals surface area contributed by atoms with Crippen molar-refractivity contribution in [2.75, 3.05) is 11.4 Å². The zero-order valence-electron chi connectivity index (χ0n) is 10.2. The molecule has 1 aromatic carbocycles. The molecule has 4 heteroatoms. The maximum atomic E-state index is 9.07. The minimum atomic E-state index is 0.459. The molecule has 1 aromatic heterocycles. The van der Waals surface area contributed by atoms with Crippen molar-refractivity contribution in [3.05, 3.63) is 42.6 Å². The van der Waals surface area contributed by atoms with E-state index in [9.17, 15) is 0 Å². The Bertz CT molecular complexity index is 545. The Morgan fingerprint density at radius 3 is 2.67 bits per heavy atom. The van der Waals surface area contributed by atoms with Gasteiger partial charge in [-0.2, -0.15) is 5.26 Å². The van der Waals surface area contributed by atoms with Gasteiger partial charge in [-0.1, -0.05) is 37.3 Å². The first-order valence-corrected chi connectivity index (χ1v) is 5.91. The highest BCUT2D eigenvalue weighted by Gasteiger charge is 2.08. The predicted molar refractivity (Wildman–Crippen MR) is 70.7 cm³/mol. The molecule has 0 atom stereocenters. The molecule has 0 unspecified atom stereocenters. The Labute approximate surface area is 107 Å². The van der Waals surface area contributed by atoms with Gasteiger partial charge in [-0.3, -0.25) is 0 Å². The number of benzene rings is 1. The Morgan fingerprint density at radius 1 is 1.22 bits per heavy atom. The van der Waals surface area contributed by atoms with E-state index in [1.165, 1.54) is 4.90 Å². The molecule has 90 valence electrons. The van der Waals surface area contributed by atoms with E-state index in [2.05, 4.69) is 16.2 Å². The summed E-state index contributed by atoms with van der Waals surface area (Å²) in [4.78, 5) is 10.1.